The molecular weight excluding hydrogens is 162 g/mol. The van der Waals surface area contributed by atoms with Crippen molar-refractivity contribution in [3.05, 3.63) is 0 Å². The molecule has 66 valence electrons. The van der Waals surface area contributed by atoms with E-state index in [9.17, 15) is 4.79 Å². The first-order valence-electron chi connectivity index (χ1n) is 3.74. The smallest absolute Gasteiger partial charge is 0.306 e. The highest BCUT2D eigenvalue weighted by molar-refractivity contribution is 7.99. The van der Waals surface area contributed by atoms with Gasteiger partial charge in [-0.15, -0.1) is 0 Å². The summed E-state index contributed by atoms with van der Waals surface area (Å²) in [7, 11) is 0. The molecule has 0 saturated heterocycles. The molecule has 0 rings (SSSR count). The van der Waals surface area contributed by atoms with Gasteiger partial charge in [0.05, 0.1) is 13.0 Å². The maximum atomic E-state index is 10.7. The average molecular weight is 177 g/mol. The van der Waals surface area contributed by atoms with Gasteiger partial charge in [0.2, 0.25) is 0 Å². The molecule has 0 amide bonds. The normalized spacial score (nSPS) is 9.64. The summed E-state index contributed by atoms with van der Waals surface area (Å²) in [5.41, 5.74) is 5.27. The Balaban J connectivity index is 3.04. The van der Waals surface area contributed by atoms with Gasteiger partial charge in [0.25, 0.3) is 0 Å². The number of hydrogen-bond donors (Lipinski definition) is 1. The second-order valence-electron chi connectivity index (χ2n) is 1.96. The van der Waals surface area contributed by atoms with E-state index in [-0.39, 0.29) is 5.97 Å². The summed E-state index contributed by atoms with van der Waals surface area (Å²) in [5.74, 6) is 1.62. The third kappa shape index (κ3) is 7.68. The van der Waals surface area contributed by atoms with Crippen LogP contribution in [0, 0.1) is 0 Å². The molecule has 11 heavy (non-hydrogen) atoms. The quantitative estimate of drug-likeness (QED) is 0.477. The lowest BCUT2D eigenvalue weighted by molar-refractivity contribution is -0.142. The van der Waals surface area contributed by atoms with Crippen LogP contribution in [0.1, 0.15) is 13.3 Å². The number of ether oxygens (including phenoxy) is 1. The van der Waals surface area contributed by atoms with Crippen molar-refractivity contribution in [2.75, 3.05) is 24.7 Å². The monoisotopic (exact) mass is 177 g/mol. The van der Waals surface area contributed by atoms with Gasteiger partial charge < -0.3 is 10.5 Å². The van der Waals surface area contributed by atoms with E-state index in [1.807, 2.05) is 6.92 Å². The summed E-state index contributed by atoms with van der Waals surface area (Å²) in [5, 5.41) is 0. The predicted molar refractivity (Wildman–Crippen MR) is 47.6 cm³/mol. The Morgan fingerprint density at radius 1 is 1.55 bits per heavy atom. The molecule has 0 aliphatic carbocycles. The molecule has 0 bridgehead atoms. The Bertz CT molecular complexity index is 109. The van der Waals surface area contributed by atoms with Crippen LogP contribution in [0.25, 0.3) is 0 Å². The molecular formula is C7H15NO2S. The molecule has 0 radical (unpaired) electrons. The summed E-state index contributed by atoms with van der Waals surface area (Å²) >= 11 is 1.68. The van der Waals surface area contributed by atoms with E-state index in [0.717, 1.165) is 11.5 Å². The summed E-state index contributed by atoms with van der Waals surface area (Å²) in [6.07, 6.45) is 0.499. The van der Waals surface area contributed by atoms with E-state index in [1.54, 1.807) is 11.8 Å². The fourth-order valence-electron chi connectivity index (χ4n) is 0.574. The van der Waals surface area contributed by atoms with Crippen molar-refractivity contribution < 1.29 is 9.53 Å². The van der Waals surface area contributed by atoms with Crippen molar-refractivity contribution in [2.24, 2.45) is 5.73 Å². The zero-order valence-electron chi connectivity index (χ0n) is 6.84. The molecule has 0 atom stereocenters. The minimum absolute atomic E-state index is 0.114. The van der Waals surface area contributed by atoms with E-state index in [4.69, 9.17) is 10.5 Å². The van der Waals surface area contributed by atoms with Crippen molar-refractivity contribution >= 4 is 17.7 Å². The van der Waals surface area contributed by atoms with E-state index in [2.05, 4.69) is 0 Å². The zero-order valence-corrected chi connectivity index (χ0v) is 7.65. The van der Waals surface area contributed by atoms with Crippen LogP contribution in [-0.2, 0) is 9.53 Å². The summed E-state index contributed by atoms with van der Waals surface area (Å²) in [6.45, 7) is 2.96. The Hall–Kier alpha value is -0.220. The SMILES string of the molecule is CCOC(=O)CCSCCN. The topological polar surface area (TPSA) is 52.3 Å². The summed E-state index contributed by atoms with van der Waals surface area (Å²) < 4.78 is 4.74. The van der Waals surface area contributed by atoms with Crippen molar-refractivity contribution in [1.82, 2.24) is 0 Å². The molecule has 0 unspecified atom stereocenters. The van der Waals surface area contributed by atoms with Crippen LogP contribution in [-0.4, -0.2) is 30.6 Å². The van der Waals surface area contributed by atoms with Gasteiger partial charge in [-0.1, -0.05) is 0 Å². The van der Waals surface area contributed by atoms with Crippen molar-refractivity contribution in [3.63, 3.8) is 0 Å². The number of carbonyl (C=O) groups excluding carboxylic acids is 1. The second kappa shape index (κ2) is 7.88. The first-order chi connectivity index (χ1) is 5.31. The van der Waals surface area contributed by atoms with Gasteiger partial charge in [-0.05, 0) is 6.92 Å². The minimum Gasteiger partial charge on any atom is -0.466 e. The minimum atomic E-state index is -0.114. The Morgan fingerprint density at radius 2 is 2.27 bits per heavy atom. The lowest BCUT2D eigenvalue weighted by Crippen LogP contribution is -2.06. The Kier molecular flexibility index (Phi) is 7.72. The van der Waals surface area contributed by atoms with Gasteiger partial charge >= 0.3 is 5.97 Å². The molecule has 0 aliphatic heterocycles. The van der Waals surface area contributed by atoms with Gasteiger partial charge in [0.15, 0.2) is 0 Å². The van der Waals surface area contributed by atoms with Crippen LogP contribution in [0.4, 0.5) is 0 Å². The predicted octanol–water partition coefficient (Wildman–Crippen LogP) is 0.632. The summed E-state index contributed by atoms with van der Waals surface area (Å²) in [4.78, 5) is 10.7. The third-order valence-corrected chi connectivity index (χ3v) is 2.04. The van der Waals surface area contributed by atoms with Gasteiger partial charge in [-0.2, -0.15) is 11.8 Å². The fourth-order valence-corrected chi connectivity index (χ4v) is 1.26. The first kappa shape index (κ1) is 10.8. The number of nitrogens with two attached hydrogens (primary N) is 1. The maximum Gasteiger partial charge on any atom is 0.306 e. The Labute approximate surface area is 71.7 Å². The van der Waals surface area contributed by atoms with Gasteiger partial charge in [0, 0.05) is 18.1 Å². The van der Waals surface area contributed by atoms with E-state index in [0.29, 0.717) is 19.6 Å². The van der Waals surface area contributed by atoms with Crippen LogP contribution >= 0.6 is 11.8 Å². The molecule has 0 heterocycles. The third-order valence-electron chi connectivity index (χ3n) is 1.02. The molecule has 0 aliphatic rings. The number of thioether (sulfide) groups is 1. The van der Waals surface area contributed by atoms with Crippen LogP contribution in [0.5, 0.6) is 0 Å². The van der Waals surface area contributed by atoms with Crippen molar-refractivity contribution in [1.29, 1.82) is 0 Å². The molecule has 3 nitrogen and oxygen atoms in total. The van der Waals surface area contributed by atoms with E-state index >= 15 is 0 Å². The second-order valence-corrected chi connectivity index (χ2v) is 3.18. The van der Waals surface area contributed by atoms with Crippen molar-refractivity contribution in [3.8, 4) is 0 Å². The zero-order chi connectivity index (χ0) is 8.53. The van der Waals surface area contributed by atoms with Crippen LogP contribution < -0.4 is 5.73 Å². The molecule has 0 saturated carbocycles. The van der Waals surface area contributed by atoms with Gasteiger partial charge in [-0.3, -0.25) is 4.79 Å². The van der Waals surface area contributed by atoms with Crippen LogP contribution in [0.15, 0.2) is 0 Å². The highest BCUT2D eigenvalue weighted by Gasteiger charge is 1.99. The van der Waals surface area contributed by atoms with Gasteiger partial charge in [0.1, 0.15) is 0 Å². The molecule has 0 aromatic carbocycles. The number of esters is 1. The molecule has 0 spiro atoms. The number of hydrogen-bond acceptors (Lipinski definition) is 4. The molecule has 4 heteroatoms. The molecule has 2 N–H and O–H groups in total. The van der Waals surface area contributed by atoms with Crippen LogP contribution in [0.3, 0.4) is 0 Å². The number of rotatable bonds is 6. The lowest BCUT2D eigenvalue weighted by atomic mass is 10.5. The van der Waals surface area contributed by atoms with Crippen molar-refractivity contribution in [2.45, 2.75) is 13.3 Å². The van der Waals surface area contributed by atoms with E-state index < -0.39 is 0 Å². The highest BCUT2D eigenvalue weighted by Crippen LogP contribution is 2.01. The van der Waals surface area contributed by atoms with Gasteiger partial charge in [-0.25, -0.2) is 0 Å². The maximum absolute atomic E-state index is 10.7. The standard InChI is InChI=1S/C7H15NO2S/c1-2-10-7(9)3-5-11-6-4-8/h2-6,8H2,1H3. The molecule has 0 aromatic heterocycles. The fraction of sp³-hybridized carbons (Fsp3) is 0.857. The molecule has 0 fully saturated rings. The summed E-state index contributed by atoms with van der Waals surface area (Å²) in [6, 6.07) is 0. The number of carbonyl (C=O) groups is 1. The van der Waals surface area contributed by atoms with E-state index in [1.165, 1.54) is 0 Å². The Morgan fingerprint density at radius 3 is 2.82 bits per heavy atom. The lowest BCUT2D eigenvalue weighted by Gasteiger charge is -2.00. The average Bonchev–Trinajstić information content (AvgIpc) is 1.99. The largest absolute Gasteiger partial charge is 0.466 e. The molecule has 0 aromatic rings. The highest BCUT2D eigenvalue weighted by atomic mass is 32.2. The van der Waals surface area contributed by atoms with Crippen LogP contribution in [0.2, 0.25) is 0 Å². The first-order valence-corrected chi connectivity index (χ1v) is 4.90.